The van der Waals surface area contributed by atoms with E-state index in [0.29, 0.717) is 19.4 Å². The van der Waals surface area contributed by atoms with Gasteiger partial charge in [0.15, 0.2) is 5.96 Å². The predicted molar refractivity (Wildman–Crippen MR) is 147 cm³/mol. The molecule has 36 heavy (non-hydrogen) atoms. The normalized spacial score (nSPS) is 16.2. The van der Waals surface area contributed by atoms with Crippen LogP contribution in [0.5, 0.6) is 0 Å². The summed E-state index contributed by atoms with van der Waals surface area (Å²) in [5.41, 5.74) is 10.2. The number of nitrogens with zero attached hydrogens (tertiary/aromatic N) is 1. The van der Waals surface area contributed by atoms with E-state index in [2.05, 4.69) is 17.1 Å². The molecule has 1 saturated heterocycles. The molecule has 8 N–H and O–H groups in total. The Hall–Kier alpha value is -1.87. The number of carboxylic acid groups (broad SMARTS) is 2. The Morgan fingerprint density at radius 1 is 0.917 bits per heavy atom. The third kappa shape index (κ3) is 20.3. The molecule has 0 saturated carbocycles. The van der Waals surface area contributed by atoms with Crippen LogP contribution in [-0.4, -0.2) is 64.7 Å². The van der Waals surface area contributed by atoms with Crippen molar-refractivity contribution in [2.24, 2.45) is 11.5 Å². The van der Waals surface area contributed by atoms with E-state index in [4.69, 9.17) is 27.1 Å². The molecule has 9 heteroatoms. The molecule has 212 valence electrons. The molecule has 0 aromatic carbocycles. The van der Waals surface area contributed by atoms with E-state index in [1.165, 1.54) is 89.9 Å². The van der Waals surface area contributed by atoms with E-state index >= 15 is 0 Å². The van der Waals surface area contributed by atoms with Gasteiger partial charge in [-0.1, -0.05) is 90.4 Å². The van der Waals surface area contributed by atoms with Crippen LogP contribution in [0.25, 0.3) is 0 Å². The second-order valence-corrected chi connectivity index (χ2v) is 10.1. The van der Waals surface area contributed by atoms with Crippen LogP contribution in [0, 0.1) is 5.41 Å². The molecule has 0 aromatic rings. The fourth-order valence-electron chi connectivity index (χ4n) is 4.55. The molecular weight excluding hydrogens is 458 g/mol. The topological polar surface area (TPSA) is 166 Å². The Morgan fingerprint density at radius 2 is 1.42 bits per heavy atom. The van der Waals surface area contributed by atoms with Crippen molar-refractivity contribution in [3.8, 4) is 0 Å². The lowest BCUT2D eigenvalue weighted by Crippen LogP contribution is -2.36. The average molecular weight is 514 g/mol. The SMILES string of the molecule is CCCCCCCCCCCCCCCCN1CCC[C@H]1C(=O)O.N=C(N)NCCCC(N)C(=O)O. The predicted octanol–water partition coefficient (Wildman–Crippen LogP) is 4.68. The standard InChI is InChI=1S/C21H41NO2.C6H14N4O2/c1-2-3-4-5-6-7-8-9-10-11-12-13-14-15-18-22-19-16-17-20(22)21(23)24;7-4(5(11)12)2-1-3-10-6(8)9/h20H,2-19H2,1H3,(H,23,24);4H,1-3,7H2,(H,11,12)(H4,8,9,10)/t20-;/m0./s1. The number of hydrogen-bond acceptors (Lipinski definition) is 5. The van der Waals surface area contributed by atoms with Crippen LogP contribution in [0.15, 0.2) is 0 Å². The molecule has 1 aliphatic heterocycles. The zero-order valence-electron chi connectivity index (χ0n) is 22.8. The Labute approximate surface area is 219 Å². The number of likely N-dealkylation sites (tertiary alicyclic amines) is 1. The molecule has 0 spiro atoms. The number of unbranched alkanes of at least 4 members (excludes halogenated alkanes) is 13. The van der Waals surface area contributed by atoms with Crippen LogP contribution < -0.4 is 16.8 Å². The first-order valence-corrected chi connectivity index (χ1v) is 14.3. The minimum Gasteiger partial charge on any atom is -0.480 e. The maximum atomic E-state index is 11.1. The molecule has 0 bridgehead atoms. The summed E-state index contributed by atoms with van der Waals surface area (Å²) in [5, 5.41) is 26.9. The zero-order chi connectivity index (χ0) is 27.0. The second-order valence-electron chi connectivity index (χ2n) is 10.1. The summed E-state index contributed by atoms with van der Waals surface area (Å²) in [5.74, 6) is -1.74. The first kappa shape index (κ1) is 34.1. The highest BCUT2D eigenvalue weighted by molar-refractivity contribution is 5.74. The summed E-state index contributed by atoms with van der Waals surface area (Å²) in [6, 6.07) is -1.02. The van der Waals surface area contributed by atoms with Gasteiger partial charge in [-0.05, 0) is 45.2 Å². The van der Waals surface area contributed by atoms with Gasteiger partial charge >= 0.3 is 11.9 Å². The largest absolute Gasteiger partial charge is 0.480 e. The lowest BCUT2D eigenvalue weighted by atomic mass is 10.0. The van der Waals surface area contributed by atoms with Crippen LogP contribution in [0.1, 0.15) is 122 Å². The Balaban J connectivity index is 0.000000860. The van der Waals surface area contributed by atoms with Crippen LogP contribution >= 0.6 is 0 Å². The van der Waals surface area contributed by atoms with Gasteiger partial charge in [-0.15, -0.1) is 0 Å². The maximum Gasteiger partial charge on any atom is 0.320 e. The minimum absolute atomic E-state index is 0.112. The molecule has 1 rings (SSSR count). The van der Waals surface area contributed by atoms with Gasteiger partial charge in [-0.2, -0.15) is 0 Å². The zero-order valence-corrected chi connectivity index (χ0v) is 22.8. The average Bonchev–Trinajstić information content (AvgIpc) is 3.31. The van der Waals surface area contributed by atoms with Crippen molar-refractivity contribution in [1.29, 1.82) is 5.41 Å². The minimum atomic E-state index is -1.00. The quantitative estimate of drug-likeness (QED) is 0.0731. The summed E-state index contributed by atoms with van der Waals surface area (Å²) >= 11 is 0. The van der Waals surface area contributed by atoms with Gasteiger partial charge < -0.3 is 27.0 Å². The van der Waals surface area contributed by atoms with Crippen molar-refractivity contribution in [2.75, 3.05) is 19.6 Å². The highest BCUT2D eigenvalue weighted by Crippen LogP contribution is 2.18. The summed E-state index contributed by atoms with van der Waals surface area (Å²) in [7, 11) is 0. The molecule has 9 nitrogen and oxygen atoms in total. The number of nitrogens with two attached hydrogens (primary N) is 2. The van der Waals surface area contributed by atoms with E-state index in [1.54, 1.807) is 0 Å². The molecule has 1 heterocycles. The summed E-state index contributed by atoms with van der Waals surface area (Å²) < 4.78 is 0. The van der Waals surface area contributed by atoms with Crippen LogP contribution in [0.3, 0.4) is 0 Å². The molecule has 1 fully saturated rings. The summed E-state index contributed by atoms with van der Waals surface area (Å²) in [6.07, 6.45) is 22.1. The van der Waals surface area contributed by atoms with Gasteiger partial charge in [0.2, 0.25) is 0 Å². The molecule has 1 unspecified atom stereocenters. The Morgan fingerprint density at radius 3 is 1.86 bits per heavy atom. The van der Waals surface area contributed by atoms with Crippen molar-refractivity contribution < 1.29 is 19.8 Å². The number of carboxylic acids is 2. The Kier molecular flexibility index (Phi) is 22.3. The highest BCUT2D eigenvalue weighted by atomic mass is 16.4. The number of rotatable bonds is 21. The van der Waals surface area contributed by atoms with Crippen molar-refractivity contribution in [1.82, 2.24) is 10.2 Å². The van der Waals surface area contributed by atoms with Crippen molar-refractivity contribution >= 4 is 17.9 Å². The molecule has 0 amide bonds. The highest BCUT2D eigenvalue weighted by Gasteiger charge is 2.29. The first-order chi connectivity index (χ1) is 17.3. The van der Waals surface area contributed by atoms with Gasteiger partial charge in [0.25, 0.3) is 0 Å². The lowest BCUT2D eigenvalue weighted by Gasteiger charge is -2.20. The van der Waals surface area contributed by atoms with E-state index in [-0.39, 0.29) is 12.0 Å². The van der Waals surface area contributed by atoms with Crippen LogP contribution in [0.2, 0.25) is 0 Å². The van der Waals surface area contributed by atoms with Gasteiger partial charge in [-0.3, -0.25) is 19.9 Å². The summed E-state index contributed by atoms with van der Waals surface area (Å²) in [6.45, 7) is 4.72. The van der Waals surface area contributed by atoms with Crippen LogP contribution in [-0.2, 0) is 9.59 Å². The van der Waals surface area contributed by atoms with Gasteiger partial charge in [0.05, 0.1) is 0 Å². The molecule has 0 aromatic heterocycles. The van der Waals surface area contributed by atoms with Gasteiger partial charge in [-0.25, -0.2) is 0 Å². The lowest BCUT2D eigenvalue weighted by molar-refractivity contribution is -0.142. The smallest absolute Gasteiger partial charge is 0.320 e. The first-order valence-electron chi connectivity index (χ1n) is 14.3. The maximum absolute atomic E-state index is 11.1. The number of guanidine groups is 1. The monoisotopic (exact) mass is 513 g/mol. The van der Waals surface area contributed by atoms with Gasteiger partial charge in [0, 0.05) is 6.54 Å². The van der Waals surface area contributed by atoms with E-state index in [9.17, 15) is 9.59 Å². The van der Waals surface area contributed by atoms with E-state index in [1.807, 2.05) is 0 Å². The third-order valence-corrected chi connectivity index (χ3v) is 6.77. The summed E-state index contributed by atoms with van der Waals surface area (Å²) in [4.78, 5) is 23.5. The van der Waals surface area contributed by atoms with Crippen molar-refractivity contribution in [2.45, 2.75) is 135 Å². The number of hydrogen-bond donors (Lipinski definition) is 6. The Bertz CT molecular complexity index is 576. The van der Waals surface area contributed by atoms with E-state index in [0.717, 1.165) is 25.9 Å². The molecule has 2 atom stereocenters. The second kappa shape index (κ2) is 23.5. The van der Waals surface area contributed by atoms with Gasteiger partial charge in [0.1, 0.15) is 12.1 Å². The van der Waals surface area contributed by atoms with Crippen molar-refractivity contribution in [3.05, 3.63) is 0 Å². The molecule has 1 aliphatic rings. The number of aliphatic carboxylic acids is 2. The number of nitrogens with one attached hydrogen (secondary N) is 2. The molecular formula is C27H55N5O4. The van der Waals surface area contributed by atoms with E-state index < -0.39 is 18.0 Å². The van der Waals surface area contributed by atoms with Crippen LogP contribution in [0.4, 0.5) is 0 Å². The molecule has 0 aliphatic carbocycles. The third-order valence-electron chi connectivity index (χ3n) is 6.77. The van der Waals surface area contributed by atoms with Crippen molar-refractivity contribution in [3.63, 3.8) is 0 Å². The fourth-order valence-corrected chi connectivity index (χ4v) is 4.55. The molecule has 0 radical (unpaired) electrons. The fraction of sp³-hybridized carbons (Fsp3) is 0.889. The number of carbonyl (C=O) groups is 2.